The Hall–Kier alpha value is -1.88. The summed E-state index contributed by atoms with van der Waals surface area (Å²) in [5.74, 6) is -0.447. The van der Waals surface area contributed by atoms with Crippen molar-refractivity contribution in [3.8, 4) is 0 Å². The molecule has 0 spiro atoms. The fraction of sp³-hybridized carbons (Fsp3) is 0.429. The highest BCUT2D eigenvalue weighted by atomic mass is 16.5. The van der Waals surface area contributed by atoms with Gasteiger partial charge in [-0.1, -0.05) is 30.3 Å². The van der Waals surface area contributed by atoms with Crippen LogP contribution < -0.4 is 0 Å². The maximum atomic E-state index is 11.9. The fourth-order valence-electron chi connectivity index (χ4n) is 2.00. The Bertz CT molecular complexity index is 446. The lowest BCUT2D eigenvalue weighted by Crippen LogP contribution is -2.28. The Morgan fingerprint density at radius 2 is 2.05 bits per heavy atom. The molecule has 0 saturated carbocycles. The molecule has 1 aromatic carbocycles. The van der Waals surface area contributed by atoms with Gasteiger partial charge in [-0.25, -0.2) is 0 Å². The first-order chi connectivity index (χ1) is 9.20. The van der Waals surface area contributed by atoms with Crippen molar-refractivity contribution in [2.75, 3.05) is 20.4 Å². The molecule has 1 fully saturated rings. The van der Waals surface area contributed by atoms with Crippen LogP contribution in [0.2, 0.25) is 0 Å². The van der Waals surface area contributed by atoms with Crippen LogP contribution >= 0.6 is 0 Å². The Labute approximate surface area is 112 Å². The summed E-state index contributed by atoms with van der Waals surface area (Å²) in [6.45, 7) is 0.809. The molecule has 1 unspecified atom stereocenters. The summed E-state index contributed by atoms with van der Waals surface area (Å²) in [6, 6.07) is 9.79. The Kier molecular flexibility index (Phi) is 4.52. The van der Waals surface area contributed by atoms with Crippen LogP contribution in [0.25, 0.3) is 0 Å². The molecule has 5 heteroatoms. The van der Waals surface area contributed by atoms with Gasteiger partial charge in [0.2, 0.25) is 5.91 Å². The number of hydrogen-bond donors (Lipinski definition) is 0. The lowest BCUT2D eigenvalue weighted by molar-refractivity contribution is -0.143. The van der Waals surface area contributed by atoms with E-state index >= 15 is 0 Å². The summed E-state index contributed by atoms with van der Waals surface area (Å²) in [6.07, 6.45) is 0.197. The van der Waals surface area contributed by atoms with E-state index in [0.717, 1.165) is 5.56 Å². The first-order valence-corrected chi connectivity index (χ1v) is 6.22. The van der Waals surface area contributed by atoms with Gasteiger partial charge < -0.3 is 14.4 Å². The number of benzene rings is 1. The molecule has 0 bridgehead atoms. The normalized spacial score (nSPS) is 18.4. The number of hydrogen-bond acceptors (Lipinski definition) is 4. The second kappa shape index (κ2) is 6.33. The van der Waals surface area contributed by atoms with E-state index in [4.69, 9.17) is 4.74 Å². The third-order valence-corrected chi connectivity index (χ3v) is 3.11. The molecular formula is C14H17NO4. The van der Waals surface area contributed by atoms with E-state index in [0.29, 0.717) is 6.54 Å². The minimum absolute atomic E-state index is 0.0798. The van der Waals surface area contributed by atoms with Crippen molar-refractivity contribution in [1.82, 2.24) is 4.90 Å². The molecule has 102 valence electrons. The average Bonchev–Trinajstić information content (AvgIpc) is 2.95. The second-order valence-electron chi connectivity index (χ2n) is 4.39. The molecule has 1 aliphatic rings. The fourth-order valence-corrected chi connectivity index (χ4v) is 2.00. The van der Waals surface area contributed by atoms with Crippen LogP contribution in [-0.2, 0) is 19.1 Å². The number of nitrogens with zero attached hydrogens (tertiary/aromatic N) is 1. The van der Waals surface area contributed by atoms with Crippen LogP contribution in [0.3, 0.4) is 0 Å². The summed E-state index contributed by atoms with van der Waals surface area (Å²) < 4.78 is 10.1. The van der Waals surface area contributed by atoms with Gasteiger partial charge in [0.05, 0.1) is 20.1 Å². The number of carbonyl (C=O) groups excluding carboxylic acids is 2. The van der Waals surface area contributed by atoms with Gasteiger partial charge in [0.15, 0.2) is 0 Å². The smallest absolute Gasteiger partial charge is 0.306 e. The van der Waals surface area contributed by atoms with Crippen LogP contribution in [0, 0.1) is 0 Å². The largest absolute Gasteiger partial charge is 0.469 e. The number of methoxy groups -OCH3 is 1. The van der Waals surface area contributed by atoms with E-state index in [-0.39, 0.29) is 37.6 Å². The third-order valence-electron chi connectivity index (χ3n) is 3.11. The van der Waals surface area contributed by atoms with Crippen molar-refractivity contribution in [1.29, 1.82) is 0 Å². The monoisotopic (exact) mass is 263 g/mol. The molecule has 1 saturated heterocycles. The highest BCUT2D eigenvalue weighted by molar-refractivity contribution is 5.81. The average molecular weight is 263 g/mol. The summed E-state index contributed by atoms with van der Waals surface area (Å²) >= 11 is 0. The maximum absolute atomic E-state index is 11.9. The molecule has 1 heterocycles. The van der Waals surface area contributed by atoms with E-state index in [9.17, 15) is 9.59 Å². The Morgan fingerprint density at radius 1 is 1.32 bits per heavy atom. The summed E-state index contributed by atoms with van der Waals surface area (Å²) in [5.41, 5.74) is 1.06. The number of carbonyl (C=O) groups is 2. The molecule has 1 aromatic rings. The lowest BCUT2D eigenvalue weighted by Gasteiger charge is -2.13. The third kappa shape index (κ3) is 3.54. The molecule has 19 heavy (non-hydrogen) atoms. The van der Waals surface area contributed by atoms with Crippen molar-refractivity contribution in [2.45, 2.75) is 18.9 Å². The topological polar surface area (TPSA) is 55.8 Å². The van der Waals surface area contributed by atoms with E-state index < -0.39 is 0 Å². The predicted octanol–water partition coefficient (Wildman–Crippen LogP) is 1.50. The van der Waals surface area contributed by atoms with Crippen molar-refractivity contribution in [3.05, 3.63) is 35.9 Å². The lowest BCUT2D eigenvalue weighted by atomic mass is 10.1. The van der Waals surface area contributed by atoms with Crippen molar-refractivity contribution in [2.24, 2.45) is 0 Å². The zero-order valence-electron chi connectivity index (χ0n) is 10.9. The molecule has 0 radical (unpaired) electrons. The second-order valence-corrected chi connectivity index (χ2v) is 4.39. The number of esters is 1. The van der Waals surface area contributed by atoms with Crippen molar-refractivity contribution >= 4 is 11.9 Å². The molecule has 5 nitrogen and oxygen atoms in total. The van der Waals surface area contributed by atoms with Crippen LogP contribution in [0.4, 0.5) is 0 Å². The van der Waals surface area contributed by atoms with Gasteiger partial charge in [-0.2, -0.15) is 0 Å². The quantitative estimate of drug-likeness (QED) is 0.772. The van der Waals surface area contributed by atoms with Gasteiger partial charge in [0, 0.05) is 6.42 Å². The van der Waals surface area contributed by atoms with Gasteiger partial charge in [-0.15, -0.1) is 0 Å². The van der Waals surface area contributed by atoms with Gasteiger partial charge >= 0.3 is 5.97 Å². The molecule has 1 atom stereocenters. The van der Waals surface area contributed by atoms with Crippen LogP contribution in [0.15, 0.2) is 30.3 Å². The molecule has 1 aliphatic heterocycles. The highest BCUT2D eigenvalue weighted by Gasteiger charge is 2.27. The molecule has 0 aromatic heterocycles. The summed E-state index contributed by atoms with van der Waals surface area (Å²) in [5, 5.41) is 0. The standard InChI is InChI=1S/C14H17NO4/c1-18-14(17)8-7-13(16)15-9-12(19-10-15)11-5-3-2-4-6-11/h2-6,12H,7-10H2,1H3. The maximum Gasteiger partial charge on any atom is 0.306 e. The van der Waals surface area contributed by atoms with E-state index in [2.05, 4.69) is 4.74 Å². The SMILES string of the molecule is COC(=O)CCC(=O)N1COC(c2ccccc2)C1. The number of rotatable bonds is 4. The Morgan fingerprint density at radius 3 is 2.74 bits per heavy atom. The number of ether oxygens (including phenoxy) is 2. The van der Waals surface area contributed by atoms with Gasteiger partial charge in [-0.3, -0.25) is 9.59 Å². The van der Waals surface area contributed by atoms with Gasteiger partial charge in [0.25, 0.3) is 0 Å². The zero-order valence-corrected chi connectivity index (χ0v) is 10.9. The molecule has 0 aliphatic carbocycles. The van der Waals surface area contributed by atoms with Gasteiger partial charge in [-0.05, 0) is 5.56 Å². The predicted molar refractivity (Wildman–Crippen MR) is 68.1 cm³/mol. The van der Waals surface area contributed by atoms with Crippen LogP contribution in [0.1, 0.15) is 24.5 Å². The Balaban J connectivity index is 1.85. The van der Waals surface area contributed by atoms with E-state index in [1.807, 2.05) is 30.3 Å². The minimum Gasteiger partial charge on any atom is -0.469 e. The first-order valence-electron chi connectivity index (χ1n) is 6.22. The summed E-state index contributed by atoms with van der Waals surface area (Å²) in [4.78, 5) is 24.5. The van der Waals surface area contributed by atoms with Crippen molar-refractivity contribution < 1.29 is 19.1 Å². The van der Waals surface area contributed by atoms with E-state index in [1.54, 1.807) is 4.90 Å². The number of amides is 1. The molecule has 0 N–H and O–H groups in total. The van der Waals surface area contributed by atoms with Crippen LogP contribution in [0.5, 0.6) is 0 Å². The zero-order chi connectivity index (χ0) is 13.7. The molecule has 2 rings (SSSR count). The van der Waals surface area contributed by atoms with Crippen molar-refractivity contribution in [3.63, 3.8) is 0 Å². The minimum atomic E-state index is -0.368. The van der Waals surface area contributed by atoms with E-state index in [1.165, 1.54) is 7.11 Å². The molecule has 1 amide bonds. The summed E-state index contributed by atoms with van der Waals surface area (Å²) in [7, 11) is 1.32. The van der Waals surface area contributed by atoms with Crippen LogP contribution in [-0.4, -0.2) is 37.2 Å². The first kappa shape index (κ1) is 13.5. The molecular weight excluding hydrogens is 246 g/mol. The highest BCUT2D eigenvalue weighted by Crippen LogP contribution is 2.24. The van der Waals surface area contributed by atoms with Gasteiger partial charge in [0.1, 0.15) is 12.8 Å².